The summed E-state index contributed by atoms with van der Waals surface area (Å²) in [7, 11) is 0. The fraction of sp³-hybridized carbons (Fsp3) is 0.200. The third-order valence-electron chi connectivity index (χ3n) is 3.14. The van der Waals surface area contributed by atoms with Gasteiger partial charge in [0.15, 0.2) is 0 Å². The Kier molecular flexibility index (Phi) is 3.22. The predicted octanol–water partition coefficient (Wildman–Crippen LogP) is 3.56. The number of nitrogens with one attached hydrogen (secondary N) is 1. The van der Waals surface area contributed by atoms with E-state index in [-0.39, 0.29) is 6.10 Å². The topological polar surface area (TPSA) is 21.3 Å². The Morgan fingerprint density at radius 3 is 2.67 bits per heavy atom. The maximum absolute atomic E-state index is 6.02. The minimum atomic E-state index is 0.0659. The van der Waals surface area contributed by atoms with Crippen LogP contribution >= 0.6 is 11.6 Å². The molecule has 0 bridgehead atoms. The molecule has 18 heavy (non-hydrogen) atoms. The average Bonchev–Trinajstić information content (AvgIpc) is 2.42. The van der Waals surface area contributed by atoms with Crippen LogP contribution in [0.5, 0.6) is 5.75 Å². The lowest BCUT2D eigenvalue weighted by Gasteiger charge is -2.27. The van der Waals surface area contributed by atoms with E-state index in [1.807, 2.05) is 24.3 Å². The zero-order valence-electron chi connectivity index (χ0n) is 9.90. The van der Waals surface area contributed by atoms with Gasteiger partial charge in [0.05, 0.1) is 0 Å². The van der Waals surface area contributed by atoms with Crippen LogP contribution in [0.3, 0.4) is 0 Å². The molecule has 0 fully saturated rings. The molecule has 1 unspecified atom stereocenters. The highest BCUT2D eigenvalue weighted by molar-refractivity contribution is 6.30. The van der Waals surface area contributed by atoms with Crippen molar-refractivity contribution in [3.05, 3.63) is 64.7 Å². The number of fused-ring (bicyclic) bond motifs is 1. The van der Waals surface area contributed by atoms with Crippen molar-refractivity contribution in [2.45, 2.75) is 12.6 Å². The minimum Gasteiger partial charge on any atom is -0.484 e. The van der Waals surface area contributed by atoms with Crippen LogP contribution in [0.2, 0.25) is 5.02 Å². The Morgan fingerprint density at radius 2 is 1.83 bits per heavy atom. The summed E-state index contributed by atoms with van der Waals surface area (Å²) in [6.07, 6.45) is 0.0659. The van der Waals surface area contributed by atoms with Crippen molar-refractivity contribution in [2.24, 2.45) is 0 Å². The molecule has 3 rings (SSSR count). The molecule has 1 atom stereocenters. The second kappa shape index (κ2) is 5.01. The van der Waals surface area contributed by atoms with E-state index in [2.05, 4.69) is 29.6 Å². The molecule has 0 saturated heterocycles. The summed E-state index contributed by atoms with van der Waals surface area (Å²) in [5, 5.41) is 4.10. The van der Waals surface area contributed by atoms with E-state index in [0.29, 0.717) is 0 Å². The Morgan fingerprint density at radius 1 is 1.06 bits per heavy atom. The predicted molar refractivity (Wildman–Crippen MR) is 73.0 cm³/mol. The van der Waals surface area contributed by atoms with Crippen LogP contribution in [0.4, 0.5) is 0 Å². The molecule has 0 spiro atoms. The molecule has 2 aromatic carbocycles. The molecule has 0 radical (unpaired) electrons. The van der Waals surface area contributed by atoms with E-state index in [1.165, 1.54) is 11.1 Å². The van der Waals surface area contributed by atoms with Crippen molar-refractivity contribution in [1.29, 1.82) is 0 Å². The zero-order valence-corrected chi connectivity index (χ0v) is 10.7. The summed E-state index contributed by atoms with van der Waals surface area (Å²) in [6, 6.07) is 15.9. The van der Waals surface area contributed by atoms with Crippen molar-refractivity contribution in [3.8, 4) is 5.75 Å². The van der Waals surface area contributed by atoms with Gasteiger partial charge >= 0.3 is 0 Å². The standard InChI is InChI=1S/C15H14ClNO/c16-12-5-7-13(8-6-12)18-15-10-17-9-11-3-1-2-4-14(11)15/h1-8,15,17H,9-10H2. The molecular formula is C15H14ClNO. The first-order valence-electron chi connectivity index (χ1n) is 6.04. The highest BCUT2D eigenvalue weighted by Crippen LogP contribution is 2.27. The van der Waals surface area contributed by atoms with Crippen LogP contribution in [0.1, 0.15) is 17.2 Å². The quantitative estimate of drug-likeness (QED) is 0.890. The fourth-order valence-corrected chi connectivity index (χ4v) is 2.37. The van der Waals surface area contributed by atoms with Crippen molar-refractivity contribution < 1.29 is 4.74 Å². The van der Waals surface area contributed by atoms with Gasteiger partial charge in [-0.2, -0.15) is 0 Å². The van der Waals surface area contributed by atoms with E-state index in [9.17, 15) is 0 Å². The highest BCUT2D eigenvalue weighted by Gasteiger charge is 2.20. The number of hydrogen-bond donors (Lipinski definition) is 1. The molecule has 1 aliphatic rings. The van der Waals surface area contributed by atoms with Gasteiger partial charge in [-0.1, -0.05) is 35.9 Å². The van der Waals surface area contributed by atoms with Gasteiger partial charge in [-0.05, 0) is 35.4 Å². The van der Waals surface area contributed by atoms with Crippen LogP contribution in [0.25, 0.3) is 0 Å². The monoisotopic (exact) mass is 259 g/mol. The third-order valence-corrected chi connectivity index (χ3v) is 3.39. The number of ether oxygens (including phenoxy) is 1. The minimum absolute atomic E-state index is 0.0659. The second-order valence-electron chi connectivity index (χ2n) is 4.39. The van der Waals surface area contributed by atoms with Gasteiger partial charge in [0, 0.05) is 18.1 Å². The summed E-state index contributed by atoms with van der Waals surface area (Å²) >= 11 is 5.87. The van der Waals surface area contributed by atoms with Gasteiger partial charge in [0.25, 0.3) is 0 Å². The average molecular weight is 260 g/mol. The number of rotatable bonds is 2. The largest absolute Gasteiger partial charge is 0.484 e. The molecule has 1 N–H and O–H groups in total. The van der Waals surface area contributed by atoms with E-state index in [0.717, 1.165) is 23.9 Å². The zero-order chi connectivity index (χ0) is 12.4. The highest BCUT2D eigenvalue weighted by atomic mass is 35.5. The third kappa shape index (κ3) is 2.35. The summed E-state index contributed by atoms with van der Waals surface area (Å²) in [6.45, 7) is 1.75. The van der Waals surface area contributed by atoms with Gasteiger partial charge in [-0.3, -0.25) is 0 Å². The van der Waals surface area contributed by atoms with Crippen LogP contribution in [-0.4, -0.2) is 6.54 Å². The molecule has 1 heterocycles. The van der Waals surface area contributed by atoms with Gasteiger partial charge in [-0.15, -0.1) is 0 Å². The number of halogens is 1. The van der Waals surface area contributed by atoms with Gasteiger partial charge in [-0.25, -0.2) is 0 Å². The molecule has 0 aromatic heterocycles. The van der Waals surface area contributed by atoms with Crippen molar-refractivity contribution >= 4 is 11.6 Å². The van der Waals surface area contributed by atoms with Crippen molar-refractivity contribution in [3.63, 3.8) is 0 Å². The Balaban J connectivity index is 1.84. The van der Waals surface area contributed by atoms with E-state index in [4.69, 9.17) is 16.3 Å². The van der Waals surface area contributed by atoms with Crippen LogP contribution in [-0.2, 0) is 6.54 Å². The van der Waals surface area contributed by atoms with Crippen LogP contribution < -0.4 is 10.1 Å². The van der Waals surface area contributed by atoms with E-state index in [1.54, 1.807) is 0 Å². The molecular weight excluding hydrogens is 246 g/mol. The lowest BCUT2D eigenvalue weighted by molar-refractivity contribution is 0.191. The smallest absolute Gasteiger partial charge is 0.136 e. The Hall–Kier alpha value is -1.51. The van der Waals surface area contributed by atoms with Gasteiger partial charge in [0.1, 0.15) is 11.9 Å². The first kappa shape index (κ1) is 11.6. The summed E-state index contributed by atoms with van der Waals surface area (Å²) in [5.41, 5.74) is 2.58. The maximum Gasteiger partial charge on any atom is 0.136 e. The lowest BCUT2D eigenvalue weighted by atomic mass is 9.99. The number of benzene rings is 2. The SMILES string of the molecule is Clc1ccc(OC2CNCc3ccccc32)cc1. The summed E-state index contributed by atoms with van der Waals surface area (Å²) < 4.78 is 6.02. The Bertz CT molecular complexity index is 538. The van der Waals surface area contributed by atoms with Crippen molar-refractivity contribution in [2.75, 3.05) is 6.54 Å². The molecule has 0 aliphatic carbocycles. The normalized spacial score (nSPS) is 18.2. The molecule has 92 valence electrons. The summed E-state index contributed by atoms with van der Waals surface area (Å²) in [5.74, 6) is 0.850. The molecule has 1 aliphatic heterocycles. The van der Waals surface area contributed by atoms with Crippen LogP contribution in [0.15, 0.2) is 48.5 Å². The van der Waals surface area contributed by atoms with E-state index < -0.39 is 0 Å². The number of hydrogen-bond acceptors (Lipinski definition) is 2. The molecule has 2 aromatic rings. The fourth-order valence-electron chi connectivity index (χ4n) is 2.24. The molecule has 0 amide bonds. The van der Waals surface area contributed by atoms with Gasteiger partial charge in [0.2, 0.25) is 0 Å². The van der Waals surface area contributed by atoms with Crippen LogP contribution in [0, 0.1) is 0 Å². The maximum atomic E-state index is 6.02. The van der Waals surface area contributed by atoms with Gasteiger partial charge < -0.3 is 10.1 Å². The lowest BCUT2D eigenvalue weighted by Crippen LogP contribution is -2.31. The Labute approximate surface area is 112 Å². The first-order valence-corrected chi connectivity index (χ1v) is 6.41. The molecule has 2 nitrogen and oxygen atoms in total. The second-order valence-corrected chi connectivity index (χ2v) is 4.83. The summed E-state index contributed by atoms with van der Waals surface area (Å²) in [4.78, 5) is 0. The first-order chi connectivity index (χ1) is 8.83. The molecule has 3 heteroatoms. The van der Waals surface area contributed by atoms with Crippen molar-refractivity contribution in [1.82, 2.24) is 5.32 Å². The molecule has 0 saturated carbocycles. The van der Waals surface area contributed by atoms with E-state index >= 15 is 0 Å².